The molecule has 0 amide bonds. The molecule has 1 aliphatic heterocycles. The van der Waals surface area contributed by atoms with Crippen LogP contribution in [-0.4, -0.2) is 59.5 Å². The van der Waals surface area contributed by atoms with Crippen molar-refractivity contribution in [2.75, 3.05) is 40.3 Å². The predicted octanol–water partition coefficient (Wildman–Crippen LogP) is 7.47. The third-order valence-electron chi connectivity index (χ3n) is 6.90. The highest BCUT2D eigenvalue weighted by Crippen LogP contribution is 3.02. The highest BCUT2D eigenvalue weighted by Gasteiger charge is 2.65. The molecule has 5 rings (SSSR count). The van der Waals surface area contributed by atoms with E-state index in [1.807, 2.05) is 34.9 Å². The van der Waals surface area contributed by atoms with Crippen molar-refractivity contribution in [2.24, 2.45) is 0 Å². The number of nitrogens with zero attached hydrogens (tertiary/aromatic N) is 4. The largest absolute Gasteiger partial charge is 0.497 e. The lowest BCUT2D eigenvalue weighted by Gasteiger charge is -2.40. The molecular weight excluding hydrogens is 523 g/mol. The number of rotatable bonds is 6. The highest BCUT2D eigenvalue weighted by atomic mass is 32.5. The number of fused-ring (bicyclic) bond motifs is 1. The first kappa shape index (κ1) is 26.5. The number of hydrogen-bond donors (Lipinski definition) is 0. The molecule has 0 N–H and O–H groups in total. The molecule has 2 aromatic carbocycles. The van der Waals surface area contributed by atoms with Crippen molar-refractivity contribution in [3.05, 3.63) is 72.6 Å². The van der Waals surface area contributed by atoms with Crippen LogP contribution < -0.4 is 4.74 Å². The van der Waals surface area contributed by atoms with E-state index in [2.05, 4.69) is 16.8 Å². The second-order valence-corrected chi connectivity index (χ2v) is 12.1. The van der Waals surface area contributed by atoms with Crippen LogP contribution in [0.5, 0.6) is 5.75 Å². The maximum atomic E-state index is 13.2. The average Bonchev–Trinajstić information content (AvgIpc) is 3.09. The van der Waals surface area contributed by atoms with Crippen LogP contribution >= 0.6 is 10.2 Å². The molecule has 2 aromatic heterocycles. The van der Waals surface area contributed by atoms with Gasteiger partial charge in [-0.25, -0.2) is 4.98 Å². The number of methoxy groups -OCH3 is 1. The Balaban J connectivity index is 1.57. The van der Waals surface area contributed by atoms with E-state index in [1.165, 1.54) is 0 Å². The molecule has 1 aliphatic rings. The Morgan fingerprint density at radius 3 is 2.11 bits per heavy atom. The van der Waals surface area contributed by atoms with Crippen LogP contribution in [0, 0.1) is 0 Å². The molecule has 0 saturated carbocycles. The molecule has 4 aromatic rings. The van der Waals surface area contributed by atoms with Crippen molar-refractivity contribution in [1.29, 1.82) is 0 Å². The first-order valence-electron chi connectivity index (χ1n) is 12.2. The molecule has 204 valence electrons. The third-order valence-corrected chi connectivity index (χ3v) is 8.06. The lowest BCUT2D eigenvalue weighted by atomic mass is 10.1. The van der Waals surface area contributed by atoms with Gasteiger partial charge in [-0.05, 0) is 86.2 Å². The molecule has 5 nitrogen and oxygen atoms in total. The van der Waals surface area contributed by atoms with Crippen molar-refractivity contribution >= 4 is 15.9 Å². The summed E-state index contributed by atoms with van der Waals surface area (Å²) in [7, 11) is -6.02. The molecule has 11 heteroatoms. The van der Waals surface area contributed by atoms with Crippen LogP contribution in [0.25, 0.3) is 28.0 Å². The summed E-state index contributed by atoms with van der Waals surface area (Å²) in [5.41, 5.74) is 4.35. The number of hydrogen-bond acceptors (Lipinski definition) is 4. The average molecular weight is 553 g/mol. The Kier molecular flexibility index (Phi) is 6.24. The smallest absolute Gasteiger partial charge is 0.310 e. The molecule has 0 spiro atoms. The van der Waals surface area contributed by atoms with Gasteiger partial charge in [0.2, 0.25) is 0 Å². The molecular formula is C27H29F5N4OS. The van der Waals surface area contributed by atoms with E-state index in [4.69, 9.17) is 9.72 Å². The first-order chi connectivity index (χ1) is 17.8. The minimum Gasteiger partial charge on any atom is -0.497 e. The van der Waals surface area contributed by atoms with Crippen molar-refractivity contribution in [3.63, 3.8) is 0 Å². The van der Waals surface area contributed by atoms with Gasteiger partial charge in [0.25, 0.3) is 0 Å². The van der Waals surface area contributed by atoms with E-state index in [0.29, 0.717) is 35.5 Å². The van der Waals surface area contributed by atoms with Crippen LogP contribution in [0.15, 0.2) is 71.8 Å². The fraction of sp³-hybridized carbons (Fsp3) is 0.296. The minimum atomic E-state index is -9.73. The van der Waals surface area contributed by atoms with Crippen molar-refractivity contribution in [1.82, 2.24) is 19.2 Å². The molecule has 0 unspecified atom stereocenters. The van der Waals surface area contributed by atoms with Gasteiger partial charge in [-0.2, -0.15) is 0 Å². The number of likely N-dealkylation sites (N-methyl/N-ethyl adjacent to an activating group) is 1. The van der Waals surface area contributed by atoms with Gasteiger partial charge in [-0.3, -0.25) is 4.90 Å². The van der Waals surface area contributed by atoms with Crippen LogP contribution in [0.2, 0.25) is 0 Å². The van der Waals surface area contributed by atoms with Crippen molar-refractivity contribution in [2.45, 2.75) is 17.9 Å². The Hall–Kier alpha value is -3.15. The third kappa shape index (κ3) is 5.64. The highest BCUT2D eigenvalue weighted by molar-refractivity contribution is 8.45. The summed E-state index contributed by atoms with van der Waals surface area (Å²) in [6.07, 6.45) is 2.85. The second kappa shape index (κ2) is 8.96. The normalized spacial score (nSPS) is 17.7. The lowest BCUT2D eigenvalue weighted by molar-refractivity contribution is 0.266. The van der Waals surface area contributed by atoms with Gasteiger partial charge in [0.05, 0.1) is 18.5 Å². The van der Waals surface area contributed by atoms with Crippen LogP contribution in [0.1, 0.15) is 12.1 Å². The van der Waals surface area contributed by atoms with Gasteiger partial charge in [-0.1, -0.05) is 31.6 Å². The number of imidazole rings is 1. The van der Waals surface area contributed by atoms with Crippen molar-refractivity contribution in [3.8, 4) is 28.1 Å². The summed E-state index contributed by atoms with van der Waals surface area (Å²) in [5, 5.41) is 0. The lowest BCUT2D eigenvalue weighted by Crippen LogP contribution is -2.29. The fourth-order valence-electron chi connectivity index (χ4n) is 4.77. The summed E-state index contributed by atoms with van der Waals surface area (Å²) in [6.45, 7) is 4.41. The molecule has 0 bridgehead atoms. The monoisotopic (exact) mass is 552 g/mol. The Labute approximate surface area is 218 Å². The summed E-state index contributed by atoms with van der Waals surface area (Å²) in [5.74, 6) is 0.729. The number of benzene rings is 2. The number of pyridine rings is 1. The standard InChI is InChI=1S/C27H29F5N4OS/c1-34-14-3-15-35(17-16-34)19-25-27(21-4-9-23(37-2)10-5-21)33-26-13-8-22(18-36(25)26)20-6-11-24(12-7-20)38(28,29,30,31)32/h4-13,18H,3,14-17,19H2,1-2H3. The van der Waals surface area contributed by atoms with E-state index < -0.39 is 15.1 Å². The SMILES string of the molecule is COc1ccc(-c2nc3ccc(-c4ccc(S(F)(F)(F)(F)F)cc4)cn3c2CN2CCCN(C)CC2)cc1. The molecule has 0 aliphatic carbocycles. The predicted molar refractivity (Wildman–Crippen MR) is 141 cm³/mol. The molecule has 0 atom stereocenters. The summed E-state index contributed by atoms with van der Waals surface area (Å²) < 4.78 is 73.3. The van der Waals surface area contributed by atoms with Crippen LogP contribution in [0.3, 0.4) is 0 Å². The first-order valence-corrected chi connectivity index (χ1v) is 14.2. The second-order valence-electron chi connectivity index (χ2n) is 9.71. The number of ether oxygens (including phenoxy) is 1. The maximum absolute atomic E-state index is 13.2. The van der Waals surface area contributed by atoms with Gasteiger partial charge in [0, 0.05) is 31.4 Å². The minimum absolute atomic E-state index is 0.402. The quantitative estimate of drug-likeness (QED) is 0.232. The zero-order chi connectivity index (χ0) is 27.2. The molecule has 3 heterocycles. The maximum Gasteiger partial charge on any atom is 0.310 e. The number of aromatic nitrogens is 2. The fourth-order valence-corrected chi connectivity index (χ4v) is 5.42. The summed E-state index contributed by atoms with van der Waals surface area (Å²) in [6, 6.07) is 14.2. The molecule has 0 radical (unpaired) electrons. The van der Waals surface area contributed by atoms with Crippen LogP contribution in [-0.2, 0) is 6.54 Å². The van der Waals surface area contributed by atoms with Gasteiger partial charge in [0.15, 0.2) is 0 Å². The topological polar surface area (TPSA) is 33.0 Å². The summed E-state index contributed by atoms with van der Waals surface area (Å²) >= 11 is 0. The van der Waals surface area contributed by atoms with E-state index >= 15 is 0 Å². The van der Waals surface area contributed by atoms with Crippen molar-refractivity contribution < 1.29 is 24.2 Å². The van der Waals surface area contributed by atoms with Gasteiger partial charge >= 0.3 is 10.2 Å². The Morgan fingerprint density at radius 1 is 0.789 bits per heavy atom. The van der Waals surface area contributed by atoms with Gasteiger partial charge in [0.1, 0.15) is 16.3 Å². The Bertz CT molecular complexity index is 1460. The van der Waals surface area contributed by atoms with E-state index in [1.54, 1.807) is 19.2 Å². The zero-order valence-corrected chi connectivity index (χ0v) is 21.9. The van der Waals surface area contributed by atoms with E-state index in [-0.39, 0.29) is 0 Å². The van der Waals surface area contributed by atoms with Gasteiger partial charge in [-0.15, -0.1) is 0 Å². The van der Waals surface area contributed by atoms with Gasteiger partial charge < -0.3 is 14.0 Å². The number of halogens is 5. The molecule has 1 saturated heterocycles. The van der Waals surface area contributed by atoms with E-state index in [9.17, 15) is 19.4 Å². The molecule has 38 heavy (non-hydrogen) atoms. The molecule has 1 fully saturated rings. The van der Waals surface area contributed by atoms with E-state index in [0.717, 1.165) is 67.4 Å². The summed E-state index contributed by atoms with van der Waals surface area (Å²) in [4.78, 5) is 7.66. The zero-order valence-electron chi connectivity index (χ0n) is 21.1. The Morgan fingerprint density at radius 2 is 1.45 bits per heavy atom. The van der Waals surface area contributed by atoms with Crippen LogP contribution in [0.4, 0.5) is 19.4 Å².